The van der Waals surface area contributed by atoms with Crippen molar-refractivity contribution in [1.82, 2.24) is 15.2 Å². The summed E-state index contributed by atoms with van der Waals surface area (Å²) in [6.45, 7) is 0.664. The van der Waals surface area contributed by atoms with Crippen LogP contribution in [0.3, 0.4) is 0 Å². The molecule has 0 spiro atoms. The molecule has 2 atom stereocenters. The monoisotopic (exact) mass is 258 g/mol. The number of hydrogen-bond donors (Lipinski definition) is 2. The van der Waals surface area contributed by atoms with Crippen LogP contribution < -0.4 is 16.0 Å². The van der Waals surface area contributed by atoms with Gasteiger partial charge in [0, 0.05) is 19.2 Å². The van der Waals surface area contributed by atoms with Crippen LogP contribution in [0.15, 0.2) is 36.5 Å². The highest BCUT2D eigenvalue weighted by molar-refractivity contribution is 5.35. The fourth-order valence-corrected chi connectivity index (χ4v) is 2.72. The molecule has 2 aromatic rings. The van der Waals surface area contributed by atoms with E-state index in [1.54, 1.807) is 6.20 Å². The molecule has 1 aromatic carbocycles. The van der Waals surface area contributed by atoms with E-state index in [4.69, 9.17) is 10.6 Å². The standard InChI is InChI=1S/C14H18N4O/c1-18-12(6-7-16-18)14(17-15)11-8-10-4-2-3-5-13(10)19-9-11/h2-7,11,14,17H,8-9,15H2,1H3. The van der Waals surface area contributed by atoms with Crippen molar-refractivity contribution >= 4 is 0 Å². The van der Waals surface area contributed by atoms with Gasteiger partial charge in [0.1, 0.15) is 5.75 Å². The third kappa shape index (κ3) is 2.22. The molecule has 0 aliphatic carbocycles. The van der Waals surface area contributed by atoms with Crippen LogP contribution in [0.25, 0.3) is 0 Å². The number of benzene rings is 1. The van der Waals surface area contributed by atoms with Gasteiger partial charge in [-0.25, -0.2) is 0 Å². The minimum Gasteiger partial charge on any atom is -0.493 e. The van der Waals surface area contributed by atoms with Crippen LogP contribution in [0.1, 0.15) is 17.3 Å². The predicted octanol–water partition coefficient (Wildman–Crippen LogP) is 1.18. The lowest BCUT2D eigenvalue weighted by atomic mass is 9.89. The quantitative estimate of drug-likeness (QED) is 0.641. The summed E-state index contributed by atoms with van der Waals surface area (Å²) >= 11 is 0. The predicted molar refractivity (Wildman–Crippen MR) is 72.4 cm³/mol. The maximum Gasteiger partial charge on any atom is 0.122 e. The number of hydrazine groups is 1. The molecule has 0 amide bonds. The Bertz CT molecular complexity index is 566. The van der Waals surface area contributed by atoms with Crippen molar-refractivity contribution in [2.24, 2.45) is 18.8 Å². The van der Waals surface area contributed by atoms with E-state index in [2.05, 4.69) is 16.6 Å². The van der Waals surface area contributed by atoms with Crippen molar-refractivity contribution in [2.75, 3.05) is 6.61 Å². The van der Waals surface area contributed by atoms with Crippen LogP contribution in [0.4, 0.5) is 0 Å². The van der Waals surface area contributed by atoms with E-state index < -0.39 is 0 Å². The summed E-state index contributed by atoms with van der Waals surface area (Å²) in [4.78, 5) is 0. The molecule has 3 rings (SSSR count). The Morgan fingerprint density at radius 2 is 2.26 bits per heavy atom. The number of nitrogens with two attached hydrogens (primary N) is 1. The fourth-order valence-electron chi connectivity index (χ4n) is 2.72. The van der Waals surface area contributed by atoms with E-state index in [0.717, 1.165) is 17.9 Å². The third-order valence-corrected chi connectivity index (χ3v) is 3.74. The van der Waals surface area contributed by atoms with Gasteiger partial charge < -0.3 is 4.74 Å². The fraction of sp³-hybridized carbons (Fsp3) is 0.357. The lowest BCUT2D eigenvalue weighted by Crippen LogP contribution is -2.39. The summed E-state index contributed by atoms with van der Waals surface area (Å²) in [6, 6.07) is 10.2. The third-order valence-electron chi connectivity index (χ3n) is 3.74. The van der Waals surface area contributed by atoms with Gasteiger partial charge in [-0.15, -0.1) is 0 Å². The lowest BCUT2D eigenvalue weighted by molar-refractivity contribution is 0.181. The minimum atomic E-state index is 0.0425. The Kier molecular flexibility index (Phi) is 3.23. The summed E-state index contributed by atoms with van der Waals surface area (Å²) in [5, 5.41) is 4.20. The Labute approximate surface area is 112 Å². The van der Waals surface area contributed by atoms with Crippen molar-refractivity contribution in [3.05, 3.63) is 47.8 Å². The molecule has 19 heavy (non-hydrogen) atoms. The largest absolute Gasteiger partial charge is 0.493 e. The topological polar surface area (TPSA) is 65.1 Å². The van der Waals surface area contributed by atoms with E-state index >= 15 is 0 Å². The van der Waals surface area contributed by atoms with Gasteiger partial charge in [-0.3, -0.25) is 16.0 Å². The molecule has 0 saturated heterocycles. The number of nitrogens with one attached hydrogen (secondary N) is 1. The van der Waals surface area contributed by atoms with Gasteiger partial charge in [-0.2, -0.15) is 5.10 Å². The molecule has 0 saturated carbocycles. The van der Waals surface area contributed by atoms with E-state index in [1.165, 1.54) is 5.56 Å². The van der Waals surface area contributed by atoms with E-state index in [-0.39, 0.29) is 6.04 Å². The molecule has 1 aliphatic rings. The molecule has 0 fully saturated rings. The smallest absolute Gasteiger partial charge is 0.122 e. The molecule has 5 nitrogen and oxygen atoms in total. The first kappa shape index (κ1) is 12.2. The van der Waals surface area contributed by atoms with Crippen LogP contribution >= 0.6 is 0 Å². The number of ether oxygens (including phenoxy) is 1. The van der Waals surface area contributed by atoms with Gasteiger partial charge in [0.15, 0.2) is 0 Å². The highest BCUT2D eigenvalue weighted by Crippen LogP contribution is 2.32. The Morgan fingerprint density at radius 3 is 3.00 bits per heavy atom. The summed E-state index contributed by atoms with van der Waals surface area (Å²) in [7, 11) is 1.93. The van der Waals surface area contributed by atoms with Gasteiger partial charge in [-0.1, -0.05) is 18.2 Å². The second kappa shape index (κ2) is 5.03. The molecule has 100 valence electrons. The average molecular weight is 258 g/mol. The van der Waals surface area contributed by atoms with Crippen molar-refractivity contribution in [3.63, 3.8) is 0 Å². The molecule has 1 aromatic heterocycles. The van der Waals surface area contributed by atoms with Crippen molar-refractivity contribution in [2.45, 2.75) is 12.5 Å². The summed E-state index contributed by atoms with van der Waals surface area (Å²) in [5.41, 5.74) is 5.22. The van der Waals surface area contributed by atoms with Crippen LogP contribution in [-0.2, 0) is 13.5 Å². The van der Waals surface area contributed by atoms with Crippen LogP contribution in [0, 0.1) is 5.92 Å². The first-order valence-electron chi connectivity index (χ1n) is 6.44. The summed E-state index contributed by atoms with van der Waals surface area (Å²) < 4.78 is 7.68. The number of aryl methyl sites for hydroxylation is 1. The van der Waals surface area contributed by atoms with Crippen LogP contribution in [0.2, 0.25) is 0 Å². The van der Waals surface area contributed by atoms with E-state index in [1.807, 2.05) is 36.0 Å². The van der Waals surface area contributed by atoms with Gasteiger partial charge in [0.25, 0.3) is 0 Å². The second-order valence-corrected chi connectivity index (χ2v) is 4.91. The van der Waals surface area contributed by atoms with E-state index in [9.17, 15) is 0 Å². The minimum absolute atomic E-state index is 0.0425. The molecule has 1 aliphatic heterocycles. The molecule has 0 radical (unpaired) electrons. The molecule has 0 bridgehead atoms. The first-order valence-corrected chi connectivity index (χ1v) is 6.44. The maximum atomic E-state index is 5.83. The zero-order chi connectivity index (χ0) is 13.2. The first-order chi connectivity index (χ1) is 9.29. The van der Waals surface area contributed by atoms with Gasteiger partial charge in [-0.05, 0) is 24.1 Å². The Hall–Kier alpha value is -1.85. The number of hydrogen-bond acceptors (Lipinski definition) is 4. The normalized spacial score (nSPS) is 19.6. The summed E-state index contributed by atoms with van der Waals surface area (Å²) in [6.07, 6.45) is 2.74. The van der Waals surface area contributed by atoms with Crippen molar-refractivity contribution < 1.29 is 4.74 Å². The van der Waals surface area contributed by atoms with Gasteiger partial charge in [0.2, 0.25) is 0 Å². The van der Waals surface area contributed by atoms with Crippen molar-refractivity contribution in [3.8, 4) is 5.75 Å². The highest BCUT2D eigenvalue weighted by atomic mass is 16.5. The maximum absolute atomic E-state index is 5.83. The number of aromatic nitrogens is 2. The zero-order valence-corrected chi connectivity index (χ0v) is 10.9. The molecule has 2 heterocycles. The number of fused-ring (bicyclic) bond motifs is 1. The van der Waals surface area contributed by atoms with E-state index in [0.29, 0.717) is 12.5 Å². The summed E-state index contributed by atoms with van der Waals surface area (Å²) in [5.74, 6) is 7.02. The van der Waals surface area contributed by atoms with Crippen LogP contribution in [0.5, 0.6) is 5.75 Å². The number of nitrogens with zero attached hydrogens (tertiary/aromatic N) is 2. The van der Waals surface area contributed by atoms with Crippen molar-refractivity contribution in [1.29, 1.82) is 0 Å². The number of para-hydroxylation sites is 1. The molecular formula is C14H18N4O. The van der Waals surface area contributed by atoms with Gasteiger partial charge in [0.05, 0.1) is 18.3 Å². The Morgan fingerprint density at radius 1 is 1.42 bits per heavy atom. The Balaban J connectivity index is 1.85. The average Bonchev–Trinajstić information content (AvgIpc) is 2.86. The van der Waals surface area contributed by atoms with Crippen LogP contribution in [-0.4, -0.2) is 16.4 Å². The SMILES string of the molecule is Cn1nccc1C(NN)C1COc2ccccc2C1. The lowest BCUT2D eigenvalue weighted by Gasteiger charge is -2.31. The second-order valence-electron chi connectivity index (χ2n) is 4.91. The molecule has 5 heteroatoms. The zero-order valence-electron chi connectivity index (χ0n) is 10.9. The molecule has 2 unspecified atom stereocenters. The highest BCUT2D eigenvalue weighted by Gasteiger charge is 2.29. The molecule has 3 N–H and O–H groups in total. The molecular weight excluding hydrogens is 240 g/mol. The van der Waals surface area contributed by atoms with Gasteiger partial charge >= 0.3 is 0 Å². The number of rotatable bonds is 3.